The number of thiocarbonyl (C=S) groups is 1. The summed E-state index contributed by atoms with van der Waals surface area (Å²) < 4.78 is 0. The van der Waals surface area contributed by atoms with Crippen molar-refractivity contribution in [2.24, 2.45) is 5.84 Å². The van der Waals surface area contributed by atoms with Crippen molar-refractivity contribution in [1.82, 2.24) is 10.3 Å². The second kappa shape index (κ2) is 1.68. The topological polar surface area (TPSA) is 58.4 Å². The fourth-order valence-corrected chi connectivity index (χ4v) is 0.609. The van der Waals surface area contributed by atoms with Crippen LogP contribution < -0.4 is 11.2 Å². The highest BCUT2D eigenvalue weighted by Gasteiger charge is 2.20. The molecule has 0 bridgehead atoms. The maximum Gasteiger partial charge on any atom is 0.262 e. The van der Waals surface area contributed by atoms with Crippen molar-refractivity contribution in [2.75, 3.05) is 6.54 Å². The lowest BCUT2D eigenvalue weighted by molar-refractivity contribution is -0.124. The van der Waals surface area contributed by atoms with Crippen LogP contribution in [0, 0.1) is 0 Å². The molecular weight excluding hydrogens is 126 g/mol. The summed E-state index contributed by atoms with van der Waals surface area (Å²) in [5.74, 6) is 4.92. The Bertz CT molecular complexity index is 129. The number of hydrazine groups is 1. The van der Waals surface area contributed by atoms with E-state index in [2.05, 4.69) is 17.5 Å². The Labute approximate surface area is 51.6 Å². The molecule has 0 aliphatic carbocycles. The molecule has 0 spiro atoms. The maximum atomic E-state index is 10.4. The van der Waals surface area contributed by atoms with Crippen LogP contribution >= 0.6 is 12.2 Å². The summed E-state index contributed by atoms with van der Waals surface area (Å²) in [6, 6.07) is 0. The number of carbonyl (C=O) groups excluding carboxylic acids is 1. The molecule has 0 saturated carbocycles. The Kier molecular flexibility index (Phi) is 1.15. The van der Waals surface area contributed by atoms with Gasteiger partial charge in [0.2, 0.25) is 0 Å². The first kappa shape index (κ1) is 5.46. The van der Waals surface area contributed by atoms with Crippen LogP contribution in [-0.4, -0.2) is 22.6 Å². The average Bonchev–Trinajstić information content (AvgIpc) is 1.98. The van der Waals surface area contributed by atoms with E-state index in [4.69, 9.17) is 5.84 Å². The molecule has 0 aromatic rings. The first-order valence-corrected chi connectivity index (χ1v) is 2.48. The molecule has 1 fully saturated rings. The summed E-state index contributed by atoms with van der Waals surface area (Å²) in [5, 5.41) is 3.83. The molecule has 8 heavy (non-hydrogen) atoms. The molecule has 1 heterocycles. The molecule has 0 unspecified atom stereocenters. The van der Waals surface area contributed by atoms with E-state index >= 15 is 0 Å². The normalized spacial score (nSPS) is 19.4. The summed E-state index contributed by atoms with van der Waals surface area (Å²) in [6.45, 7) is 0.231. The number of nitrogens with one attached hydrogen (secondary N) is 1. The van der Waals surface area contributed by atoms with Crippen LogP contribution in [0.2, 0.25) is 0 Å². The third-order valence-corrected chi connectivity index (χ3v) is 1.22. The molecule has 4 nitrogen and oxygen atoms in total. The third-order valence-electron chi connectivity index (χ3n) is 0.878. The Morgan fingerprint density at radius 1 is 1.88 bits per heavy atom. The fourth-order valence-electron chi connectivity index (χ4n) is 0.435. The predicted octanol–water partition coefficient (Wildman–Crippen LogP) is -1.42. The SMILES string of the molecule is NN1C(=O)CNC1=S. The van der Waals surface area contributed by atoms with Crippen molar-refractivity contribution < 1.29 is 4.79 Å². The fraction of sp³-hybridized carbons (Fsp3) is 0.333. The number of hydrogen-bond acceptors (Lipinski definition) is 3. The van der Waals surface area contributed by atoms with E-state index in [1.165, 1.54) is 0 Å². The standard InChI is InChI=1S/C3H5N3OS/c4-6-2(7)1-5-3(6)8/h1,4H2,(H,5,8). The molecule has 0 atom stereocenters. The molecule has 0 aromatic carbocycles. The zero-order valence-electron chi connectivity index (χ0n) is 4.05. The molecule has 5 heteroatoms. The van der Waals surface area contributed by atoms with Gasteiger partial charge in [0, 0.05) is 0 Å². The number of carbonyl (C=O) groups is 1. The van der Waals surface area contributed by atoms with Crippen LogP contribution in [0.25, 0.3) is 0 Å². The molecule has 1 saturated heterocycles. The van der Waals surface area contributed by atoms with Crippen molar-refractivity contribution in [1.29, 1.82) is 0 Å². The third kappa shape index (κ3) is 0.654. The summed E-state index contributed by atoms with van der Waals surface area (Å²) in [5.41, 5.74) is 0. The van der Waals surface area contributed by atoms with E-state index < -0.39 is 0 Å². The number of nitrogens with two attached hydrogens (primary N) is 1. The molecule has 0 radical (unpaired) electrons. The van der Waals surface area contributed by atoms with E-state index in [9.17, 15) is 4.79 Å². The van der Waals surface area contributed by atoms with Crippen molar-refractivity contribution in [3.05, 3.63) is 0 Å². The highest BCUT2D eigenvalue weighted by atomic mass is 32.1. The van der Waals surface area contributed by atoms with Crippen LogP contribution in [0.1, 0.15) is 0 Å². The molecular formula is C3H5N3OS. The van der Waals surface area contributed by atoms with E-state index in [1.807, 2.05) is 0 Å². The van der Waals surface area contributed by atoms with Crippen LogP contribution in [0.5, 0.6) is 0 Å². The highest BCUT2D eigenvalue weighted by molar-refractivity contribution is 7.80. The lowest BCUT2D eigenvalue weighted by atomic mass is 10.6. The lowest BCUT2D eigenvalue weighted by Gasteiger charge is -2.02. The second-order valence-corrected chi connectivity index (χ2v) is 1.81. The Morgan fingerprint density at radius 3 is 2.62 bits per heavy atom. The van der Waals surface area contributed by atoms with E-state index in [1.54, 1.807) is 0 Å². The molecule has 3 N–H and O–H groups in total. The summed E-state index contributed by atoms with van der Waals surface area (Å²) >= 11 is 4.59. The number of hydrogen-bond donors (Lipinski definition) is 2. The van der Waals surface area contributed by atoms with E-state index in [0.717, 1.165) is 5.01 Å². The first-order chi connectivity index (χ1) is 3.72. The predicted molar refractivity (Wildman–Crippen MR) is 31.6 cm³/mol. The molecule has 1 aliphatic rings. The van der Waals surface area contributed by atoms with E-state index in [0.29, 0.717) is 5.11 Å². The van der Waals surface area contributed by atoms with Gasteiger partial charge in [-0.05, 0) is 12.2 Å². The van der Waals surface area contributed by atoms with Gasteiger partial charge in [-0.15, -0.1) is 0 Å². The molecule has 1 rings (SSSR count). The summed E-state index contributed by atoms with van der Waals surface area (Å²) in [6.07, 6.45) is 0. The quantitative estimate of drug-likeness (QED) is 0.240. The number of nitrogens with zero attached hydrogens (tertiary/aromatic N) is 1. The van der Waals surface area contributed by atoms with Crippen molar-refractivity contribution in [3.8, 4) is 0 Å². The van der Waals surface area contributed by atoms with Crippen LogP contribution in [0.15, 0.2) is 0 Å². The highest BCUT2D eigenvalue weighted by Crippen LogP contribution is 1.89. The second-order valence-electron chi connectivity index (χ2n) is 1.42. The molecule has 1 amide bonds. The van der Waals surface area contributed by atoms with Gasteiger partial charge in [-0.3, -0.25) is 4.79 Å². The van der Waals surface area contributed by atoms with Gasteiger partial charge in [0.15, 0.2) is 5.11 Å². The average molecular weight is 131 g/mol. The van der Waals surface area contributed by atoms with Gasteiger partial charge >= 0.3 is 0 Å². The van der Waals surface area contributed by atoms with Crippen LogP contribution in [-0.2, 0) is 4.79 Å². The van der Waals surface area contributed by atoms with Crippen molar-refractivity contribution in [3.63, 3.8) is 0 Å². The minimum Gasteiger partial charge on any atom is -0.352 e. The monoisotopic (exact) mass is 131 g/mol. The summed E-state index contributed by atoms with van der Waals surface area (Å²) in [4.78, 5) is 10.4. The minimum atomic E-state index is -0.185. The number of rotatable bonds is 0. The zero-order valence-corrected chi connectivity index (χ0v) is 4.86. The van der Waals surface area contributed by atoms with Gasteiger partial charge < -0.3 is 5.32 Å². The Balaban J connectivity index is 2.70. The van der Waals surface area contributed by atoms with Gasteiger partial charge in [-0.25, -0.2) is 10.9 Å². The largest absolute Gasteiger partial charge is 0.352 e. The first-order valence-electron chi connectivity index (χ1n) is 2.07. The lowest BCUT2D eigenvalue weighted by Crippen LogP contribution is -2.36. The molecule has 44 valence electrons. The van der Waals surface area contributed by atoms with Crippen LogP contribution in [0.4, 0.5) is 0 Å². The van der Waals surface area contributed by atoms with Gasteiger partial charge in [0.25, 0.3) is 5.91 Å². The van der Waals surface area contributed by atoms with Crippen LogP contribution in [0.3, 0.4) is 0 Å². The van der Waals surface area contributed by atoms with Crippen molar-refractivity contribution >= 4 is 23.2 Å². The Morgan fingerprint density at radius 2 is 2.50 bits per heavy atom. The van der Waals surface area contributed by atoms with Gasteiger partial charge in [-0.1, -0.05) is 0 Å². The van der Waals surface area contributed by atoms with Gasteiger partial charge in [0.05, 0.1) is 6.54 Å². The van der Waals surface area contributed by atoms with Gasteiger partial charge in [-0.2, -0.15) is 0 Å². The molecule has 1 aliphatic heterocycles. The maximum absolute atomic E-state index is 10.4. The van der Waals surface area contributed by atoms with Gasteiger partial charge in [0.1, 0.15) is 0 Å². The van der Waals surface area contributed by atoms with E-state index in [-0.39, 0.29) is 12.5 Å². The zero-order chi connectivity index (χ0) is 6.15. The summed E-state index contributed by atoms with van der Waals surface area (Å²) in [7, 11) is 0. The Hall–Kier alpha value is -0.680. The van der Waals surface area contributed by atoms with Crippen molar-refractivity contribution in [2.45, 2.75) is 0 Å². The smallest absolute Gasteiger partial charge is 0.262 e. The minimum absolute atomic E-state index is 0.185. The number of amides is 1. The molecule has 0 aromatic heterocycles.